The number of carbonyl (C=O) groups excluding carboxylic acids is 1. The number of aromatic nitrogens is 4. The number of halogens is 1. The Kier molecular flexibility index (Phi) is 7.26. The van der Waals surface area contributed by atoms with Crippen LogP contribution in [0.2, 0.25) is 0 Å². The van der Waals surface area contributed by atoms with Crippen molar-refractivity contribution in [1.29, 1.82) is 0 Å². The van der Waals surface area contributed by atoms with Crippen LogP contribution in [0.15, 0.2) is 90.0 Å². The first-order valence-electron chi connectivity index (χ1n) is 14.8. The minimum atomic E-state index is -0.462. The van der Waals surface area contributed by atoms with Crippen molar-refractivity contribution < 1.29 is 28.5 Å². The summed E-state index contributed by atoms with van der Waals surface area (Å²) in [6, 6.07) is 17.8. The highest BCUT2D eigenvalue weighted by Gasteiger charge is 2.40. The van der Waals surface area contributed by atoms with Gasteiger partial charge in [-0.3, -0.25) is 9.36 Å². The van der Waals surface area contributed by atoms with Crippen molar-refractivity contribution in [2.45, 2.75) is 18.9 Å². The van der Waals surface area contributed by atoms with Gasteiger partial charge in [0.05, 0.1) is 30.7 Å². The lowest BCUT2D eigenvalue weighted by atomic mass is 10.2. The number of imidazole rings is 1. The number of amides is 1. The molecule has 1 aliphatic heterocycles. The van der Waals surface area contributed by atoms with Crippen LogP contribution in [0.5, 0.6) is 17.2 Å². The molecule has 0 bridgehead atoms. The summed E-state index contributed by atoms with van der Waals surface area (Å²) in [6.07, 6.45) is 6.37. The number of quaternary nitrogens is 1. The maximum absolute atomic E-state index is 14.1. The van der Waals surface area contributed by atoms with Gasteiger partial charge in [-0.25, -0.2) is 28.9 Å². The predicted octanol–water partition coefficient (Wildman–Crippen LogP) is 4.36. The van der Waals surface area contributed by atoms with Crippen molar-refractivity contribution >= 4 is 28.6 Å². The Morgan fingerprint density at radius 1 is 1.09 bits per heavy atom. The summed E-state index contributed by atoms with van der Waals surface area (Å²) in [5.41, 5.74) is 7.81. The van der Waals surface area contributed by atoms with E-state index in [1.54, 1.807) is 72.6 Å². The molecule has 3 heterocycles. The fourth-order valence-corrected chi connectivity index (χ4v) is 5.66. The van der Waals surface area contributed by atoms with Gasteiger partial charge in [0.25, 0.3) is 5.91 Å². The van der Waals surface area contributed by atoms with Crippen molar-refractivity contribution in [3.05, 3.63) is 102 Å². The van der Waals surface area contributed by atoms with Crippen LogP contribution in [0, 0.1) is 5.82 Å². The van der Waals surface area contributed by atoms with Crippen molar-refractivity contribution in [3.8, 4) is 28.6 Å². The zero-order valence-electron chi connectivity index (χ0n) is 24.9. The van der Waals surface area contributed by atoms with Crippen LogP contribution in [0.1, 0.15) is 12.8 Å². The molecule has 2 aromatic heterocycles. The number of anilines is 2. The van der Waals surface area contributed by atoms with Gasteiger partial charge < -0.3 is 20.1 Å². The molecule has 0 radical (unpaired) electrons. The van der Waals surface area contributed by atoms with E-state index in [-0.39, 0.29) is 28.1 Å². The van der Waals surface area contributed by atoms with Gasteiger partial charge in [-0.15, -0.1) is 0 Å². The molecule has 1 atom stereocenters. The molecule has 46 heavy (non-hydrogen) atoms. The molecule has 0 spiro atoms. The van der Waals surface area contributed by atoms with E-state index in [2.05, 4.69) is 9.97 Å². The van der Waals surface area contributed by atoms with Gasteiger partial charge in [0.1, 0.15) is 54.1 Å². The molecule has 1 amide bonds. The van der Waals surface area contributed by atoms with E-state index in [1.165, 1.54) is 33.7 Å². The molecule has 1 unspecified atom stereocenters. The van der Waals surface area contributed by atoms with Crippen LogP contribution in [-0.4, -0.2) is 67.6 Å². The highest BCUT2D eigenvalue weighted by Crippen LogP contribution is 2.35. The number of rotatable bonds is 8. The number of ether oxygens (including phenoxy) is 2. The van der Waals surface area contributed by atoms with Gasteiger partial charge in [-0.1, -0.05) is 6.07 Å². The number of nitrogen functional groups attached to an aromatic ring is 1. The Morgan fingerprint density at radius 3 is 2.63 bits per heavy atom. The Hall–Kier alpha value is -5.53. The zero-order chi connectivity index (χ0) is 32.0. The number of fused-ring (bicyclic) bond motifs is 2. The number of nitrogens with zero attached hydrogens (tertiary/aromatic N) is 6. The maximum atomic E-state index is 14.1. The summed E-state index contributed by atoms with van der Waals surface area (Å²) in [6.45, 7) is 0.939. The molecule has 5 aromatic rings. The van der Waals surface area contributed by atoms with Gasteiger partial charge >= 0.3 is 5.69 Å². The van der Waals surface area contributed by atoms with Gasteiger partial charge in [-0.2, -0.15) is 4.65 Å². The molecular formula is C33H31FN7O5+. The van der Waals surface area contributed by atoms with Gasteiger partial charge in [0, 0.05) is 25.0 Å². The second kappa shape index (κ2) is 11.4. The first-order chi connectivity index (χ1) is 22.2. The second-order valence-electron chi connectivity index (χ2n) is 11.5. The van der Waals surface area contributed by atoms with E-state index in [9.17, 15) is 19.2 Å². The monoisotopic (exact) mass is 624 g/mol. The van der Waals surface area contributed by atoms with Gasteiger partial charge in [0.2, 0.25) is 0 Å². The van der Waals surface area contributed by atoms with Crippen molar-refractivity contribution in [3.63, 3.8) is 0 Å². The van der Waals surface area contributed by atoms with E-state index < -0.39 is 11.5 Å². The molecule has 1 aliphatic carbocycles. The Balaban J connectivity index is 1.24. The Morgan fingerprint density at radius 2 is 1.87 bits per heavy atom. The van der Waals surface area contributed by atoms with E-state index in [4.69, 9.17) is 15.2 Å². The van der Waals surface area contributed by atoms with Gasteiger partial charge in [0.15, 0.2) is 11.5 Å². The third-order valence-electron chi connectivity index (χ3n) is 8.17. The lowest BCUT2D eigenvalue weighted by Gasteiger charge is -2.29. The van der Waals surface area contributed by atoms with Crippen LogP contribution >= 0.6 is 0 Å². The molecule has 13 heteroatoms. The van der Waals surface area contributed by atoms with Crippen LogP contribution in [0.3, 0.4) is 0 Å². The van der Waals surface area contributed by atoms with Gasteiger partial charge in [-0.05, 0) is 60.7 Å². The molecule has 2 aliphatic rings. The summed E-state index contributed by atoms with van der Waals surface area (Å²) in [4.78, 5) is 37.5. The normalized spacial score (nSPS) is 15.8. The first kappa shape index (κ1) is 29.2. The smallest absolute Gasteiger partial charge is 0.339 e. The van der Waals surface area contributed by atoms with Crippen LogP contribution in [0.4, 0.5) is 15.9 Å². The first-order valence-corrected chi connectivity index (χ1v) is 14.8. The van der Waals surface area contributed by atoms with Crippen molar-refractivity contribution in [2.75, 3.05) is 37.4 Å². The summed E-state index contributed by atoms with van der Waals surface area (Å²) < 4.78 is 27.9. The SMILES string of the molecule is C[N+](O)(C/C=C/C(=O)N1CCOc2ccc(-n3c(=O)n(-c4ccc(Oc5cccc(F)c5)cc4)c4c(N)ncnc43)cc21)C1CC1. The number of hydrogen-bond acceptors (Lipinski definition) is 8. The summed E-state index contributed by atoms with van der Waals surface area (Å²) in [5.74, 6) is 0.697. The summed E-state index contributed by atoms with van der Waals surface area (Å²) in [5, 5.41) is 10.6. The number of nitrogens with two attached hydrogens (primary N) is 1. The number of hydroxylamine groups is 3. The fraction of sp³-hybridized carbons (Fsp3) is 0.212. The number of carbonyl (C=O) groups is 1. The maximum Gasteiger partial charge on any atom is 0.339 e. The number of hydrogen-bond donors (Lipinski definition) is 2. The minimum Gasteiger partial charge on any atom is -0.490 e. The van der Waals surface area contributed by atoms with E-state index in [0.29, 0.717) is 59.5 Å². The molecule has 3 aromatic carbocycles. The van der Waals surface area contributed by atoms with Crippen molar-refractivity contribution in [2.24, 2.45) is 0 Å². The predicted molar refractivity (Wildman–Crippen MR) is 168 cm³/mol. The molecule has 12 nitrogen and oxygen atoms in total. The quantitative estimate of drug-likeness (QED) is 0.148. The largest absolute Gasteiger partial charge is 0.490 e. The van der Waals surface area contributed by atoms with Crippen LogP contribution in [-0.2, 0) is 4.79 Å². The van der Waals surface area contributed by atoms with Crippen LogP contribution < -0.4 is 25.8 Å². The standard InChI is InChI=1S/C33H31FN7O5/c1-41(44,24-10-11-24)16-3-6-29(42)38-15-17-45-28-14-9-23(19-27(28)38)40-32-30(31(35)36-20-37-32)39(33(40)43)22-7-12-25(13-8-22)46-26-5-2-4-21(34)18-26/h2-9,12-14,18-20,24,44H,10-11,15-17H2,1H3,(H2,35,36,37)/q+1/b6-3+. The Labute approximate surface area is 262 Å². The molecule has 3 N–H and O–H groups in total. The van der Waals surface area contributed by atoms with E-state index in [1.807, 2.05) is 0 Å². The molecule has 1 fully saturated rings. The molecule has 0 saturated heterocycles. The lowest BCUT2D eigenvalue weighted by molar-refractivity contribution is -1.09. The second-order valence-corrected chi connectivity index (χ2v) is 11.5. The van der Waals surface area contributed by atoms with E-state index >= 15 is 0 Å². The fourth-order valence-electron chi connectivity index (χ4n) is 5.66. The molecule has 234 valence electrons. The van der Waals surface area contributed by atoms with Crippen molar-refractivity contribution in [1.82, 2.24) is 19.1 Å². The highest BCUT2D eigenvalue weighted by molar-refractivity contribution is 6.03. The number of likely N-dealkylation sites (N-methyl/N-ethyl adjacent to an activating group) is 1. The third-order valence-corrected chi connectivity index (χ3v) is 8.17. The van der Waals surface area contributed by atoms with Crippen LogP contribution in [0.25, 0.3) is 22.5 Å². The average molecular weight is 625 g/mol. The Bertz CT molecular complexity index is 2050. The summed E-state index contributed by atoms with van der Waals surface area (Å²) in [7, 11) is 1.74. The average Bonchev–Trinajstić information content (AvgIpc) is 3.86. The lowest BCUT2D eigenvalue weighted by Crippen LogP contribution is -2.43. The topological polar surface area (TPSA) is 138 Å². The highest BCUT2D eigenvalue weighted by atomic mass is 19.1. The summed E-state index contributed by atoms with van der Waals surface area (Å²) >= 11 is 0. The van der Waals surface area contributed by atoms with E-state index in [0.717, 1.165) is 12.8 Å². The minimum absolute atomic E-state index is 0.102. The molecule has 7 rings (SSSR count). The third kappa shape index (κ3) is 5.46. The zero-order valence-corrected chi connectivity index (χ0v) is 24.9. The molecule has 1 saturated carbocycles. The molecular weight excluding hydrogens is 593 g/mol. The number of benzene rings is 3.